The third-order valence-electron chi connectivity index (χ3n) is 27.9. The Morgan fingerprint density at radius 1 is 0.178 bits per heavy atom. The molecule has 0 amide bonds. The van der Waals surface area contributed by atoms with Crippen molar-refractivity contribution in [1.29, 1.82) is 0 Å². The van der Waals surface area contributed by atoms with Crippen LogP contribution in [0.4, 0.5) is 0 Å². The highest BCUT2D eigenvalue weighted by Gasteiger charge is 2.31. The second-order valence-corrected chi connectivity index (χ2v) is 39.6. The highest BCUT2D eigenvalue weighted by atomic mass is 16.5. The maximum Gasteiger partial charge on any atom is 0.0581 e. The lowest BCUT2D eigenvalue weighted by Crippen LogP contribution is -2.34. The SMILES string of the molecule is CC1CCC(OC2CCC(C)C(C)C2)CC1C.Cc1cc(C)cc(C)c1.Cc1ccc(C)c(C)c1.Cc1ccc(Cc2ccc(C)c(C)c2)cc1C.Cc1ccc2c(C)c(C)ccc2c1.Cc1ccc2c(C)c3cc(C)ccc3cc2c1.Cc1ccc2c(C)cc(C)cc2c1.Cc1ccc2cc3c(C)c(C)ccc3cc2c1.Cc1ccc2cc3c(C)cc(C)cc3cc2c1. The summed E-state index contributed by atoms with van der Waals surface area (Å²) in [6.45, 7) is 63.5. The number of rotatable bonds is 4. The number of fused-ring (bicyclic) bond motifs is 8. The molecule has 0 saturated heterocycles. The lowest BCUT2D eigenvalue weighted by atomic mass is 9.78. The third-order valence-corrected chi connectivity index (χ3v) is 27.9. The monoisotopic (exact) mass is 1700 g/mol. The van der Waals surface area contributed by atoms with Gasteiger partial charge in [-0.15, -0.1) is 0 Å². The minimum Gasteiger partial charge on any atom is -0.375 e. The molecular formula is C128H150O. The van der Waals surface area contributed by atoms with E-state index < -0.39 is 0 Å². The van der Waals surface area contributed by atoms with Crippen LogP contribution in [0, 0.1) is 197 Å². The predicted molar refractivity (Wildman–Crippen MR) is 572 cm³/mol. The quantitative estimate of drug-likeness (QED) is 0.160. The first-order valence-electron chi connectivity index (χ1n) is 47.8. The van der Waals surface area contributed by atoms with Crippen LogP contribution in [-0.2, 0) is 11.2 Å². The molecule has 17 aromatic rings. The van der Waals surface area contributed by atoms with E-state index in [1.165, 1.54) is 275 Å². The van der Waals surface area contributed by atoms with Crippen molar-refractivity contribution in [2.24, 2.45) is 23.7 Å². The highest BCUT2D eigenvalue weighted by Crippen LogP contribution is 2.38. The number of aryl methyl sites for hydroxylation is 25. The summed E-state index contributed by atoms with van der Waals surface area (Å²) < 4.78 is 6.37. The van der Waals surface area contributed by atoms with E-state index in [-0.39, 0.29) is 0 Å². The molecule has 0 bridgehead atoms. The zero-order valence-electron chi connectivity index (χ0n) is 84.1. The normalized spacial score (nSPS) is 15.7. The van der Waals surface area contributed by atoms with E-state index in [1.54, 1.807) is 0 Å². The van der Waals surface area contributed by atoms with Crippen LogP contribution in [0.2, 0.25) is 0 Å². The maximum atomic E-state index is 6.37. The summed E-state index contributed by atoms with van der Waals surface area (Å²) in [6.07, 6.45) is 10.1. The van der Waals surface area contributed by atoms with Crippen molar-refractivity contribution >= 4 is 86.2 Å². The van der Waals surface area contributed by atoms with Gasteiger partial charge >= 0.3 is 0 Å². The molecule has 6 atom stereocenters. The van der Waals surface area contributed by atoms with Gasteiger partial charge in [0.05, 0.1) is 12.2 Å². The Kier molecular flexibility index (Phi) is 34.2. The average molecular weight is 1700 g/mol. The molecule has 17 aromatic carbocycles. The zero-order valence-corrected chi connectivity index (χ0v) is 84.1. The molecule has 0 heterocycles. The van der Waals surface area contributed by atoms with Gasteiger partial charge in [0, 0.05) is 0 Å². The second kappa shape index (κ2) is 44.9. The molecule has 129 heavy (non-hydrogen) atoms. The smallest absolute Gasteiger partial charge is 0.0581 e. The van der Waals surface area contributed by atoms with Crippen molar-refractivity contribution < 1.29 is 4.74 Å². The van der Waals surface area contributed by atoms with Crippen LogP contribution in [0.25, 0.3) is 86.2 Å². The summed E-state index contributed by atoms with van der Waals surface area (Å²) in [5, 5.41) is 21.7. The molecule has 2 aliphatic carbocycles. The molecule has 0 N–H and O–H groups in total. The van der Waals surface area contributed by atoms with Gasteiger partial charge in [0.1, 0.15) is 0 Å². The van der Waals surface area contributed by atoms with E-state index in [4.69, 9.17) is 4.74 Å². The molecule has 0 spiro atoms. The number of ether oxygens (including phenoxy) is 1. The molecule has 2 aliphatic rings. The van der Waals surface area contributed by atoms with Crippen LogP contribution in [-0.4, -0.2) is 12.2 Å². The summed E-state index contributed by atoms with van der Waals surface area (Å²) >= 11 is 0. The molecule has 1 nitrogen and oxygen atoms in total. The van der Waals surface area contributed by atoms with Crippen molar-refractivity contribution in [3.63, 3.8) is 0 Å². The van der Waals surface area contributed by atoms with Crippen LogP contribution >= 0.6 is 0 Å². The Labute approximate surface area is 778 Å². The van der Waals surface area contributed by atoms with Gasteiger partial charge < -0.3 is 4.74 Å². The molecule has 0 aliphatic heterocycles. The lowest BCUT2D eigenvalue weighted by Gasteiger charge is -2.38. The Morgan fingerprint density at radius 3 is 0.915 bits per heavy atom. The molecule has 19 rings (SSSR count). The van der Waals surface area contributed by atoms with Gasteiger partial charge in [-0.3, -0.25) is 0 Å². The van der Waals surface area contributed by atoms with Gasteiger partial charge in [0.15, 0.2) is 0 Å². The van der Waals surface area contributed by atoms with Crippen molar-refractivity contribution in [3.8, 4) is 0 Å². The first-order valence-corrected chi connectivity index (χ1v) is 47.8. The molecule has 0 radical (unpaired) electrons. The minimum absolute atomic E-state index is 0.562. The first kappa shape index (κ1) is 98.4. The fourth-order valence-electron chi connectivity index (χ4n) is 18.9. The summed E-state index contributed by atoms with van der Waals surface area (Å²) in [7, 11) is 0. The van der Waals surface area contributed by atoms with E-state index in [2.05, 4.69) is 462 Å². The first-order chi connectivity index (χ1) is 61.3. The van der Waals surface area contributed by atoms with Crippen molar-refractivity contribution in [3.05, 3.63) is 411 Å². The maximum absolute atomic E-state index is 6.37. The molecule has 0 aromatic heterocycles. The predicted octanol–water partition coefficient (Wildman–Crippen LogP) is 36.7. The van der Waals surface area contributed by atoms with Gasteiger partial charge in [-0.05, 0) is 442 Å². The number of hydrogen-bond acceptors (Lipinski definition) is 1. The minimum atomic E-state index is 0.562. The highest BCUT2D eigenvalue weighted by molar-refractivity contribution is 6.04. The van der Waals surface area contributed by atoms with Gasteiger partial charge in [-0.1, -0.05) is 325 Å². The Bertz CT molecular complexity index is 6630. The van der Waals surface area contributed by atoms with Crippen LogP contribution in [0.5, 0.6) is 0 Å². The van der Waals surface area contributed by atoms with E-state index >= 15 is 0 Å². The van der Waals surface area contributed by atoms with E-state index in [0.717, 1.165) is 30.1 Å². The molecular weight excluding hydrogens is 1550 g/mol. The van der Waals surface area contributed by atoms with Gasteiger partial charge in [-0.2, -0.15) is 0 Å². The Hall–Kier alpha value is -11.2. The lowest BCUT2D eigenvalue weighted by molar-refractivity contribution is -0.0731. The summed E-state index contributed by atoms with van der Waals surface area (Å²) in [6, 6.07) is 95.8. The van der Waals surface area contributed by atoms with E-state index in [1.807, 2.05) is 0 Å². The van der Waals surface area contributed by atoms with Crippen LogP contribution < -0.4 is 0 Å². The van der Waals surface area contributed by atoms with Crippen molar-refractivity contribution in [2.45, 2.75) is 258 Å². The van der Waals surface area contributed by atoms with Crippen LogP contribution in [0.3, 0.4) is 0 Å². The molecule has 1 heteroatoms. The Balaban J connectivity index is 0.000000142. The van der Waals surface area contributed by atoms with Crippen LogP contribution in [0.1, 0.15) is 216 Å². The molecule has 6 unspecified atom stereocenters. The third kappa shape index (κ3) is 27.2. The fourth-order valence-corrected chi connectivity index (χ4v) is 18.9. The van der Waals surface area contributed by atoms with Crippen molar-refractivity contribution in [1.82, 2.24) is 0 Å². The summed E-state index contributed by atoms with van der Waals surface area (Å²) in [5.74, 6) is 3.52. The van der Waals surface area contributed by atoms with E-state index in [9.17, 15) is 0 Å². The zero-order chi connectivity index (χ0) is 93.4. The number of hydrogen-bond donors (Lipinski definition) is 0. The second-order valence-electron chi connectivity index (χ2n) is 39.6. The van der Waals surface area contributed by atoms with E-state index in [0.29, 0.717) is 12.2 Å². The van der Waals surface area contributed by atoms with Gasteiger partial charge in [0.25, 0.3) is 0 Å². The topological polar surface area (TPSA) is 9.23 Å². The average Bonchev–Trinajstić information content (AvgIpc) is 0.765. The molecule has 2 fully saturated rings. The summed E-state index contributed by atoms with van der Waals surface area (Å²) in [4.78, 5) is 0. The molecule has 2 saturated carbocycles. The number of benzene rings is 17. The van der Waals surface area contributed by atoms with Crippen molar-refractivity contribution in [2.75, 3.05) is 0 Å². The summed E-state index contributed by atoms with van der Waals surface area (Å²) in [5.41, 5.74) is 36.7. The molecule has 668 valence electrons. The van der Waals surface area contributed by atoms with Gasteiger partial charge in [-0.25, -0.2) is 0 Å². The largest absolute Gasteiger partial charge is 0.375 e. The standard InChI is InChI=1S/3C17H16.C17H20.C16H30O.2C13H14.2C9H12/c1-11-5-7-16-13(3)17-9-12(2)4-6-14(17)10-15(16)8-11;1-11-4-6-14-10-17-13(3)12(2)5-7-15(17)9-16(14)8-11;1-11-4-5-14-10-17-13(3)6-12(2)8-16(17)9-15(14)7-11;1-12-5-7-16(9-14(12)3)11-17-8-6-13(2)15(4)10-17;1-11-5-7-15(9-13(11)3)17-16-8-6-12(2)14(4)10-16;1-9-4-7-13-11(3)10(2)5-6-12(13)8-9;1-9-4-5-13-11(3)6-10(2)8-12(13)7-9;1-7-4-8(2)6-9(3)5-7;1-7-4-5-8(2)9(3)6-7/h3*4-10H,1-3H3;5-10H,11H2,1-4H3;11-16H,5-10H2,1-4H3;2*4-8H,1-3H3;2*4-6H,1-3H3. The van der Waals surface area contributed by atoms with Crippen LogP contribution in [0.15, 0.2) is 261 Å². The fraction of sp³-hybridized carbons (Fsp3) is 0.328. The van der Waals surface area contributed by atoms with Gasteiger partial charge in [0.2, 0.25) is 0 Å². The Morgan fingerprint density at radius 2 is 0.465 bits per heavy atom.